The number of hydrogen-bond acceptors (Lipinski definition) is 4. The maximum atomic E-state index is 12.1. The first-order chi connectivity index (χ1) is 10.2. The van der Waals surface area contributed by atoms with Crippen LogP contribution >= 0.6 is 11.3 Å². The summed E-state index contributed by atoms with van der Waals surface area (Å²) in [4.78, 5) is 27.6. The van der Waals surface area contributed by atoms with Crippen molar-refractivity contribution in [2.24, 2.45) is 0 Å². The molecule has 6 nitrogen and oxygen atoms in total. The minimum Gasteiger partial charge on any atom is -0.459 e. The summed E-state index contributed by atoms with van der Waals surface area (Å²) < 4.78 is 5.11. The number of hydrogen-bond donors (Lipinski definition) is 1. The van der Waals surface area contributed by atoms with Gasteiger partial charge in [0.05, 0.1) is 11.3 Å². The van der Waals surface area contributed by atoms with Gasteiger partial charge in [0.15, 0.2) is 5.76 Å². The monoisotopic (exact) mass is 305 g/mol. The van der Waals surface area contributed by atoms with Crippen LogP contribution in [0.25, 0.3) is 0 Å². The second kappa shape index (κ2) is 6.01. The minimum absolute atomic E-state index is 0.123. The smallest absolute Gasteiger partial charge is 0.322 e. The fraction of sp³-hybridized carbons (Fsp3) is 0.286. The maximum absolute atomic E-state index is 12.1. The molecule has 1 aliphatic rings. The van der Waals surface area contributed by atoms with Gasteiger partial charge in [-0.25, -0.2) is 4.79 Å². The highest BCUT2D eigenvalue weighted by atomic mass is 32.1. The topological polar surface area (TPSA) is 65.8 Å². The summed E-state index contributed by atoms with van der Waals surface area (Å²) >= 11 is 1.48. The van der Waals surface area contributed by atoms with Gasteiger partial charge in [0.1, 0.15) is 0 Å². The predicted octanol–water partition coefficient (Wildman–Crippen LogP) is 2.33. The van der Waals surface area contributed by atoms with Gasteiger partial charge in [-0.1, -0.05) is 0 Å². The van der Waals surface area contributed by atoms with Crippen LogP contribution < -0.4 is 5.32 Å². The highest BCUT2D eigenvalue weighted by molar-refractivity contribution is 7.14. The van der Waals surface area contributed by atoms with Crippen LogP contribution in [0, 0.1) is 0 Å². The minimum atomic E-state index is -0.127. The van der Waals surface area contributed by atoms with Gasteiger partial charge in [0.25, 0.3) is 5.91 Å². The zero-order chi connectivity index (χ0) is 14.7. The number of rotatable bonds is 2. The highest BCUT2D eigenvalue weighted by Crippen LogP contribution is 2.16. The number of piperazine rings is 1. The molecular weight excluding hydrogens is 290 g/mol. The van der Waals surface area contributed by atoms with Crippen LogP contribution in [0.2, 0.25) is 0 Å². The summed E-state index contributed by atoms with van der Waals surface area (Å²) in [6, 6.07) is 6.97. The van der Waals surface area contributed by atoms with Gasteiger partial charge in [-0.2, -0.15) is 0 Å². The summed E-state index contributed by atoms with van der Waals surface area (Å²) in [6.45, 7) is 2.06. The Hall–Kier alpha value is -2.28. The van der Waals surface area contributed by atoms with E-state index in [2.05, 4.69) is 5.32 Å². The van der Waals surface area contributed by atoms with Crippen molar-refractivity contribution in [3.8, 4) is 0 Å². The first kappa shape index (κ1) is 13.7. The first-order valence-electron chi connectivity index (χ1n) is 6.66. The quantitative estimate of drug-likeness (QED) is 0.926. The third-order valence-electron chi connectivity index (χ3n) is 3.34. The summed E-state index contributed by atoms with van der Waals surface area (Å²) in [6.07, 6.45) is 1.48. The molecule has 1 aliphatic heterocycles. The summed E-state index contributed by atoms with van der Waals surface area (Å²) in [5, 5.41) is 5.59. The van der Waals surface area contributed by atoms with Gasteiger partial charge in [0, 0.05) is 26.2 Å². The lowest BCUT2D eigenvalue weighted by molar-refractivity contribution is 0.0640. The van der Waals surface area contributed by atoms with E-state index in [-0.39, 0.29) is 11.9 Å². The molecule has 2 aromatic heterocycles. The molecule has 0 saturated carbocycles. The molecule has 1 saturated heterocycles. The van der Waals surface area contributed by atoms with E-state index in [4.69, 9.17) is 4.42 Å². The SMILES string of the molecule is O=C(Nc1cccs1)N1CCN(C(=O)c2ccco2)CC1. The van der Waals surface area contributed by atoms with Crippen LogP contribution in [-0.4, -0.2) is 47.9 Å². The number of furan rings is 1. The lowest BCUT2D eigenvalue weighted by Crippen LogP contribution is -2.51. The predicted molar refractivity (Wildman–Crippen MR) is 79.5 cm³/mol. The van der Waals surface area contributed by atoms with E-state index in [1.807, 2.05) is 17.5 Å². The van der Waals surface area contributed by atoms with Crippen molar-refractivity contribution < 1.29 is 14.0 Å². The number of nitrogens with one attached hydrogen (secondary N) is 1. The molecule has 2 aromatic rings. The Labute approximate surface area is 125 Å². The van der Waals surface area contributed by atoms with Crippen molar-refractivity contribution in [2.45, 2.75) is 0 Å². The molecule has 21 heavy (non-hydrogen) atoms. The summed E-state index contributed by atoms with van der Waals surface area (Å²) in [7, 11) is 0. The average molecular weight is 305 g/mol. The molecule has 3 heterocycles. The number of carbonyl (C=O) groups excluding carboxylic acids is 2. The molecular formula is C14H15N3O3S. The molecule has 0 atom stereocenters. The number of amides is 3. The van der Waals surface area contributed by atoms with Crippen LogP contribution in [-0.2, 0) is 0 Å². The standard InChI is InChI=1S/C14H15N3O3S/c18-13(11-3-1-9-20-11)16-5-7-17(8-6-16)14(19)15-12-4-2-10-21-12/h1-4,9-10H,5-8H2,(H,15,19). The fourth-order valence-corrected chi connectivity index (χ4v) is 2.81. The van der Waals surface area contributed by atoms with Gasteiger partial charge >= 0.3 is 6.03 Å². The van der Waals surface area contributed by atoms with Crippen molar-refractivity contribution in [3.63, 3.8) is 0 Å². The Kier molecular flexibility index (Phi) is 3.92. The summed E-state index contributed by atoms with van der Waals surface area (Å²) in [5.74, 6) is 0.213. The Bertz CT molecular complexity index is 601. The molecule has 3 rings (SSSR count). The fourth-order valence-electron chi connectivity index (χ4n) is 2.20. The first-order valence-corrected chi connectivity index (χ1v) is 7.54. The number of anilines is 1. The number of nitrogens with zero attached hydrogens (tertiary/aromatic N) is 2. The van der Waals surface area contributed by atoms with E-state index in [0.29, 0.717) is 31.9 Å². The lowest BCUT2D eigenvalue weighted by atomic mass is 10.3. The Morgan fingerprint density at radius 3 is 2.48 bits per heavy atom. The molecule has 0 aromatic carbocycles. The molecule has 0 spiro atoms. The van der Waals surface area contributed by atoms with E-state index < -0.39 is 0 Å². The second-order valence-corrected chi connectivity index (χ2v) is 5.61. The van der Waals surface area contributed by atoms with Crippen LogP contribution in [0.4, 0.5) is 9.80 Å². The Balaban J connectivity index is 1.53. The van der Waals surface area contributed by atoms with Crippen LogP contribution in [0.15, 0.2) is 40.3 Å². The van der Waals surface area contributed by atoms with Gasteiger partial charge in [-0.15, -0.1) is 11.3 Å². The van der Waals surface area contributed by atoms with Gasteiger partial charge < -0.3 is 14.2 Å². The van der Waals surface area contributed by atoms with E-state index >= 15 is 0 Å². The van der Waals surface area contributed by atoms with Gasteiger partial charge in [-0.05, 0) is 29.6 Å². The molecule has 7 heteroatoms. The molecule has 3 amide bonds. The normalized spacial score (nSPS) is 15.0. The number of carbonyl (C=O) groups is 2. The van der Waals surface area contributed by atoms with Crippen molar-refractivity contribution in [3.05, 3.63) is 41.7 Å². The van der Waals surface area contributed by atoms with Crippen LogP contribution in [0.5, 0.6) is 0 Å². The van der Waals surface area contributed by atoms with Crippen LogP contribution in [0.1, 0.15) is 10.6 Å². The third-order valence-corrected chi connectivity index (χ3v) is 4.12. The van der Waals surface area contributed by atoms with E-state index in [9.17, 15) is 9.59 Å². The van der Waals surface area contributed by atoms with Crippen molar-refractivity contribution in [1.29, 1.82) is 0 Å². The molecule has 1 fully saturated rings. The Morgan fingerprint density at radius 1 is 1.10 bits per heavy atom. The van der Waals surface area contributed by atoms with E-state index in [1.165, 1.54) is 17.6 Å². The van der Waals surface area contributed by atoms with E-state index in [0.717, 1.165) is 5.00 Å². The maximum Gasteiger partial charge on any atom is 0.322 e. The van der Waals surface area contributed by atoms with Gasteiger partial charge in [0.2, 0.25) is 0 Å². The zero-order valence-corrected chi connectivity index (χ0v) is 12.1. The van der Waals surface area contributed by atoms with Crippen molar-refractivity contribution >= 4 is 28.3 Å². The Morgan fingerprint density at radius 2 is 1.86 bits per heavy atom. The largest absolute Gasteiger partial charge is 0.459 e. The van der Waals surface area contributed by atoms with E-state index in [1.54, 1.807) is 21.9 Å². The molecule has 1 N–H and O–H groups in total. The third kappa shape index (κ3) is 3.08. The number of urea groups is 1. The lowest BCUT2D eigenvalue weighted by Gasteiger charge is -2.34. The molecule has 0 aliphatic carbocycles. The highest BCUT2D eigenvalue weighted by Gasteiger charge is 2.26. The molecule has 0 radical (unpaired) electrons. The zero-order valence-electron chi connectivity index (χ0n) is 11.3. The summed E-state index contributed by atoms with van der Waals surface area (Å²) in [5.41, 5.74) is 0. The van der Waals surface area contributed by atoms with Crippen molar-refractivity contribution in [1.82, 2.24) is 9.80 Å². The van der Waals surface area contributed by atoms with Crippen LogP contribution in [0.3, 0.4) is 0 Å². The molecule has 110 valence electrons. The molecule has 0 unspecified atom stereocenters. The van der Waals surface area contributed by atoms with Gasteiger partial charge in [-0.3, -0.25) is 10.1 Å². The second-order valence-electron chi connectivity index (χ2n) is 4.66. The molecule has 0 bridgehead atoms. The van der Waals surface area contributed by atoms with Crippen molar-refractivity contribution in [2.75, 3.05) is 31.5 Å². The number of thiophene rings is 1. The average Bonchev–Trinajstić information content (AvgIpc) is 3.20.